The highest BCUT2D eigenvalue weighted by molar-refractivity contribution is 5.98. The summed E-state index contributed by atoms with van der Waals surface area (Å²) >= 11 is 0. The van der Waals surface area contributed by atoms with E-state index in [2.05, 4.69) is 10.3 Å². The smallest absolute Gasteiger partial charge is 0.255 e. The molecule has 1 aliphatic carbocycles. The van der Waals surface area contributed by atoms with E-state index in [9.17, 15) is 9.90 Å². The van der Waals surface area contributed by atoms with Crippen molar-refractivity contribution in [2.75, 3.05) is 5.73 Å². The number of hydrogen-bond donors (Lipinski definition) is 3. The lowest BCUT2D eigenvalue weighted by atomic mass is 9.93. The van der Waals surface area contributed by atoms with Crippen molar-refractivity contribution in [3.63, 3.8) is 0 Å². The van der Waals surface area contributed by atoms with E-state index in [-0.39, 0.29) is 18.1 Å². The van der Waals surface area contributed by atoms with Crippen molar-refractivity contribution in [1.82, 2.24) is 10.3 Å². The number of amides is 1. The van der Waals surface area contributed by atoms with Gasteiger partial charge in [-0.3, -0.25) is 9.78 Å². The maximum Gasteiger partial charge on any atom is 0.255 e. The number of carbonyl (C=O) groups is 1. The molecule has 0 atom stereocenters. The number of aryl methyl sites for hydroxylation is 1. The molecule has 0 saturated heterocycles. The van der Waals surface area contributed by atoms with E-state index in [1.165, 1.54) is 6.20 Å². The molecule has 0 aliphatic heterocycles. The summed E-state index contributed by atoms with van der Waals surface area (Å²) in [5.74, 6) is -0.179. The quantitative estimate of drug-likeness (QED) is 0.729. The summed E-state index contributed by atoms with van der Waals surface area (Å²) in [6.45, 7) is 1.83. The van der Waals surface area contributed by atoms with Gasteiger partial charge in [0.25, 0.3) is 5.91 Å². The first-order chi connectivity index (χ1) is 8.56. The molecular weight excluding hydrogens is 230 g/mol. The Labute approximate surface area is 106 Å². The predicted octanol–water partition coefficient (Wildman–Crippen LogP) is 1.01. The minimum atomic E-state index is -0.218. The molecule has 18 heavy (non-hydrogen) atoms. The van der Waals surface area contributed by atoms with Crippen LogP contribution in [0.1, 0.15) is 41.7 Å². The minimum Gasteiger partial charge on any atom is -0.398 e. The lowest BCUT2D eigenvalue weighted by molar-refractivity contribution is 0.0868. The van der Waals surface area contributed by atoms with Crippen LogP contribution in [0.4, 0.5) is 5.69 Å². The average Bonchev–Trinajstić information content (AvgIpc) is 2.32. The van der Waals surface area contributed by atoms with Crippen LogP contribution in [0.3, 0.4) is 0 Å². The number of carbonyl (C=O) groups excluding carboxylic acids is 1. The number of pyridine rings is 1. The maximum absolute atomic E-state index is 12.0. The second-order valence-corrected chi connectivity index (χ2v) is 4.89. The van der Waals surface area contributed by atoms with Crippen molar-refractivity contribution in [3.05, 3.63) is 23.5 Å². The molecule has 1 aromatic rings. The minimum absolute atomic E-state index is 0.126. The number of aliphatic hydroxyl groups is 1. The number of nitrogen functional groups attached to an aromatic ring is 1. The van der Waals surface area contributed by atoms with Crippen LogP contribution in [-0.2, 0) is 0 Å². The van der Waals surface area contributed by atoms with E-state index in [1.807, 2.05) is 6.92 Å². The molecular formula is C13H19N3O2. The Kier molecular flexibility index (Phi) is 3.81. The highest BCUT2D eigenvalue weighted by atomic mass is 16.3. The lowest BCUT2D eigenvalue weighted by Gasteiger charge is -2.26. The Morgan fingerprint density at radius 3 is 2.72 bits per heavy atom. The predicted molar refractivity (Wildman–Crippen MR) is 69.1 cm³/mol. The highest BCUT2D eigenvalue weighted by Gasteiger charge is 2.22. The number of nitrogens with one attached hydrogen (secondary N) is 1. The third kappa shape index (κ3) is 2.98. The van der Waals surface area contributed by atoms with Gasteiger partial charge in [-0.25, -0.2) is 0 Å². The Morgan fingerprint density at radius 2 is 2.11 bits per heavy atom. The van der Waals surface area contributed by atoms with Gasteiger partial charge in [-0.05, 0) is 38.7 Å². The fourth-order valence-electron chi connectivity index (χ4n) is 2.25. The maximum atomic E-state index is 12.0. The summed E-state index contributed by atoms with van der Waals surface area (Å²) in [5, 5.41) is 12.4. The number of nitrogens with zero attached hydrogens (tertiary/aromatic N) is 1. The summed E-state index contributed by atoms with van der Waals surface area (Å²) in [6, 6.07) is 1.82. The van der Waals surface area contributed by atoms with Crippen LogP contribution < -0.4 is 11.1 Å². The van der Waals surface area contributed by atoms with Crippen molar-refractivity contribution < 1.29 is 9.90 Å². The highest BCUT2D eigenvalue weighted by Crippen LogP contribution is 2.19. The fraction of sp³-hybridized carbons (Fsp3) is 0.538. The lowest BCUT2D eigenvalue weighted by Crippen LogP contribution is -2.38. The van der Waals surface area contributed by atoms with Crippen molar-refractivity contribution in [3.8, 4) is 0 Å². The topological polar surface area (TPSA) is 88.2 Å². The number of aliphatic hydroxyl groups excluding tert-OH is 1. The van der Waals surface area contributed by atoms with Crippen molar-refractivity contribution in [2.24, 2.45) is 0 Å². The molecule has 5 heteroatoms. The van der Waals surface area contributed by atoms with Crippen LogP contribution in [-0.4, -0.2) is 28.1 Å². The van der Waals surface area contributed by atoms with E-state index in [0.717, 1.165) is 31.4 Å². The van der Waals surface area contributed by atoms with E-state index < -0.39 is 0 Å². The first-order valence-electron chi connectivity index (χ1n) is 6.27. The van der Waals surface area contributed by atoms with Crippen LogP contribution >= 0.6 is 0 Å². The molecule has 1 fully saturated rings. The Balaban J connectivity index is 1.99. The van der Waals surface area contributed by atoms with Gasteiger partial charge in [0, 0.05) is 23.6 Å². The number of aromatic nitrogens is 1. The number of nitrogens with two attached hydrogens (primary N) is 1. The third-order valence-corrected chi connectivity index (χ3v) is 3.35. The number of anilines is 1. The van der Waals surface area contributed by atoms with Gasteiger partial charge < -0.3 is 16.2 Å². The second-order valence-electron chi connectivity index (χ2n) is 4.89. The van der Waals surface area contributed by atoms with E-state index in [1.54, 1.807) is 6.07 Å². The largest absolute Gasteiger partial charge is 0.398 e. The molecule has 1 aromatic heterocycles. The zero-order valence-electron chi connectivity index (χ0n) is 10.5. The molecule has 0 aromatic carbocycles. The van der Waals surface area contributed by atoms with Gasteiger partial charge in [-0.15, -0.1) is 0 Å². The van der Waals surface area contributed by atoms with Gasteiger partial charge in [-0.2, -0.15) is 0 Å². The van der Waals surface area contributed by atoms with Crippen molar-refractivity contribution >= 4 is 11.6 Å². The first kappa shape index (κ1) is 12.8. The molecule has 5 nitrogen and oxygen atoms in total. The van der Waals surface area contributed by atoms with Crippen LogP contribution in [0.5, 0.6) is 0 Å². The summed E-state index contributed by atoms with van der Waals surface area (Å²) in [5.41, 5.74) is 7.48. The van der Waals surface area contributed by atoms with E-state index in [0.29, 0.717) is 11.3 Å². The molecule has 0 bridgehead atoms. The summed E-state index contributed by atoms with van der Waals surface area (Å²) in [7, 11) is 0. The molecule has 4 N–H and O–H groups in total. The SMILES string of the molecule is Cc1cc(N)c(C(=O)NC2CCC(O)CC2)cn1. The monoisotopic (exact) mass is 249 g/mol. The van der Waals surface area contributed by atoms with E-state index >= 15 is 0 Å². The van der Waals surface area contributed by atoms with Crippen LogP contribution in [0.2, 0.25) is 0 Å². The summed E-state index contributed by atoms with van der Waals surface area (Å²) in [4.78, 5) is 16.1. The zero-order valence-corrected chi connectivity index (χ0v) is 10.5. The molecule has 0 radical (unpaired) electrons. The van der Waals surface area contributed by atoms with Gasteiger partial charge in [0.1, 0.15) is 0 Å². The number of rotatable bonds is 2. The molecule has 0 unspecified atom stereocenters. The van der Waals surface area contributed by atoms with Crippen LogP contribution in [0.15, 0.2) is 12.3 Å². The van der Waals surface area contributed by atoms with Crippen molar-refractivity contribution in [1.29, 1.82) is 0 Å². The normalized spacial score (nSPS) is 23.7. The molecule has 1 heterocycles. The van der Waals surface area contributed by atoms with Gasteiger partial charge in [0.15, 0.2) is 0 Å². The average molecular weight is 249 g/mol. The molecule has 1 aliphatic rings. The van der Waals surface area contributed by atoms with Gasteiger partial charge in [0.2, 0.25) is 0 Å². The van der Waals surface area contributed by atoms with Crippen molar-refractivity contribution in [2.45, 2.75) is 44.8 Å². The molecule has 98 valence electrons. The van der Waals surface area contributed by atoms with E-state index in [4.69, 9.17) is 5.73 Å². The standard InChI is InChI=1S/C13H19N3O2/c1-8-6-12(14)11(7-15-8)13(18)16-9-2-4-10(17)5-3-9/h6-7,9-10,17H,2-5H2,1H3,(H2,14,15)(H,16,18). The fourth-order valence-corrected chi connectivity index (χ4v) is 2.25. The number of hydrogen-bond acceptors (Lipinski definition) is 4. The Morgan fingerprint density at radius 1 is 1.44 bits per heavy atom. The molecule has 2 rings (SSSR count). The summed E-state index contributed by atoms with van der Waals surface area (Å²) in [6.07, 6.45) is 4.40. The van der Waals surface area contributed by atoms with Gasteiger partial charge >= 0.3 is 0 Å². The van der Waals surface area contributed by atoms with Gasteiger partial charge in [0.05, 0.1) is 11.7 Å². The van der Waals surface area contributed by atoms with Crippen LogP contribution in [0.25, 0.3) is 0 Å². The molecule has 1 saturated carbocycles. The molecule has 0 spiro atoms. The Hall–Kier alpha value is -1.62. The third-order valence-electron chi connectivity index (χ3n) is 3.35. The molecule has 1 amide bonds. The summed E-state index contributed by atoms with van der Waals surface area (Å²) < 4.78 is 0. The zero-order chi connectivity index (χ0) is 13.1. The van der Waals surface area contributed by atoms with Crippen LogP contribution in [0, 0.1) is 6.92 Å². The van der Waals surface area contributed by atoms with Gasteiger partial charge in [-0.1, -0.05) is 0 Å². The second kappa shape index (κ2) is 5.35. The Bertz CT molecular complexity index is 440. The first-order valence-corrected chi connectivity index (χ1v) is 6.27.